The minimum atomic E-state index is -0.807. The van der Waals surface area contributed by atoms with Crippen LogP contribution in [0.25, 0.3) is 11.8 Å². The number of tetrazole rings is 1. The predicted molar refractivity (Wildman–Crippen MR) is 142 cm³/mol. The van der Waals surface area contributed by atoms with Gasteiger partial charge >= 0.3 is 0 Å². The number of benzene rings is 2. The third-order valence-electron chi connectivity index (χ3n) is 5.88. The fourth-order valence-corrected chi connectivity index (χ4v) is 4.03. The maximum absolute atomic E-state index is 13.3. The van der Waals surface area contributed by atoms with Crippen LogP contribution in [0, 0.1) is 0 Å². The van der Waals surface area contributed by atoms with Crippen LogP contribution in [0.2, 0.25) is 5.02 Å². The van der Waals surface area contributed by atoms with Crippen molar-refractivity contribution in [3.05, 3.63) is 94.5 Å². The molecule has 4 aromatic rings. The van der Waals surface area contributed by atoms with E-state index in [1.807, 2.05) is 19.2 Å². The standard InChI is InChI=1S/C27H26ClN7O3/c1-3-34-13-12-23(31-34)16-24(26(37)14-19-4-6-20(7-5-19)18(2)36)30-27(38)11-8-21-15-22(28)9-10-25(21)35-17-29-32-33-35/h4-13,15,17,24H,3,14,16H2,1-2H3,(H,30,38)/b11-8+/t24-/m0/s1. The zero-order chi connectivity index (χ0) is 27.1. The van der Waals surface area contributed by atoms with Gasteiger partial charge in [-0.1, -0.05) is 35.9 Å². The van der Waals surface area contributed by atoms with Crippen LogP contribution in [0.1, 0.15) is 41.0 Å². The summed E-state index contributed by atoms with van der Waals surface area (Å²) in [7, 11) is 0. The van der Waals surface area contributed by atoms with Gasteiger partial charge in [0.15, 0.2) is 11.6 Å². The van der Waals surface area contributed by atoms with Crippen LogP contribution in [0.15, 0.2) is 67.1 Å². The highest BCUT2D eigenvalue weighted by Crippen LogP contribution is 2.20. The van der Waals surface area contributed by atoms with E-state index in [4.69, 9.17) is 11.6 Å². The van der Waals surface area contributed by atoms with Crippen LogP contribution in [0.3, 0.4) is 0 Å². The van der Waals surface area contributed by atoms with Crippen LogP contribution < -0.4 is 5.32 Å². The molecule has 0 aliphatic carbocycles. The topological polar surface area (TPSA) is 125 Å². The summed E-state index contributed by atoms with van der Waals surface area (Å²) in [4.78, 5) is 37.8. The molecule has 0 aliphatic heterocycles. The third kappa shape index (κ3) is 6.86. The van der Waals surface area contributed by atoms with Crippen molar-refractivity contribution in [2.75, 3.05) is 0 Å². The highest BCUT2D eigenvalue weighted by molar-refractivity contribution is 6.30. The number of hydrogen-bond donors (Lipinski definition) is 1. The van der Waals surface area contributed by atoms with Crippen LogP contribution in [-0.4, -0.2) is 53.5 Å². The summed E-state index contributed by atoms with van der Waals surface area (Å²) in [5.41, 5.74) is 3.27. The smallest absolute Gasteiger partial charge is 0.244 e. The van der Waals surface area contributed by atoms with Crippen molar-refractivity contribution >= 4 is 35.2 Å². The lowest BCUT2D eigenvalue weighted by Crippen LogP contribution is -2.42. The normalized spacial score (nSPS) is 12.0. The number of aryl methyl sites for hydroxylation is 1. The summed E-state index contributed by atoms with van der Waals surface area (Å²) < 4.78 is 3.22. The summed E-state index contributed by atoms with van der Waals surface area (Å²) in [5, 5.41) is 19.0. The van der Waals surface area contributed by atoms with Crippen LogP contribution in [-0.2, 0) is 29.0 Å². The van der Waals surface area contributed by atoms with E-state index in [9.17, 15) is 14.4 Å². The molecule has 2 aromatic carbocycles. The third-order valence-corrected chi connectivity index (χ3v) is 6.11. The van der Waals surface area contributed by atoms with E-state index in [0.717, 1.165) is 5.56 Å². The summed E-state index contributed by atoms with van der Waals surface area (Å²) in [6, 6.07) is 13.0. The van der Waals surface area contributed by atoms with Crippen molar-refractivity contribution in [3.8, 4) is 5.69 Å². The number of carbonyl (C=O) groups excluding carboxylic acids is 3. The lowest BCUT2D eigenvalue weighted by atomic mass is 9.98. The number of hydrogen-bond acceptors (Lipinski definition) is 7. The number of nitrogens with one attached hydrogen (secondary N) is 1. The molecule has 1 N–H and O–H groups in total. The Morgan fingerprint density at radius 2 is 1.89 bits per heavy atom. The van der Waals surface area contributed by atoms with Crippen molar-refractivity contribution in [2.45, 2.75) is 39.3 Å². The molecule has 0 fully saturated rings. The van der Waals surface area contributed by atoms with Gasteiger partial charge in [0.25, 0.3) is 0 Å². The van der Waals surface area contributed by atoms with Crippen molar-refractivity contribution in [2.24, 2.45) is 0 Å². The molecule has 1 atom stereocenters. The molecule has 0 unspecified atom stereocenters. The largest absolute Gasteiger partial charge is 0.342 e. The number of aromatic nitrogens is 6. The van der Waals surface area contributed by atoms with E-state index in [2.05, 4.69) is 25.9 Å². The molecule has 2 aromatic heterocycles. The Hall–Kier alpha value is -4.44. The van der Waals surface area contributed by atoms with E-state index in [-0.39, 0.29) is 24.4 Å². The number of carbonyl (C=O) groups is 3. The maximum Gasteiger partial charge on any atom is 0.244 e. The first-order valence-electron chi connectivity index (χ1n) is 12.0. The molecule has 4 rings (SSSR count). The zero-order valence-corrected chi connectivity index (χ0v) is 21.7. The Morgan fingerprint density at radius 1 is 1.11 bits per heavy atom. The lowest BCUT2D eigenvalue weighted by Gasteiger charge is -2.16. The molecule has 11 heteroatoms. The molecule has 38 heavy (non-hydrogen) atoms. The number of nitrogens with zero attached hydrogens (tertiary/aromatic N) is 6. The number of Topliss-reactive ketones (excluding diaryl/α,β-unsaturated/α-hetero) is 2. The van der Waals surface area contributed by atoms with Crippen molar-refractivity contribution in [3.63, 3.8) is 0 Å². The van der Waals surface area contributed by atoms with Crippen LogP contribution in [0.4, 0.5) is 0 Å². The Bertz CT molecular complexity index is 1460. The second-order valence-electron chi connectivity index (χ2n) is 8.62. The molecule has 0 saturated heterocycles. The molecule has 2 heterocycles. The fraction of sp³-hybridized carbons (Fsp3) is 0.222. The van der Waals surface area contributed by atoms with Gasteiger partial charge in [-0.2, -0.15) is 9.78 Å². The Labute approximate surface area is 224 Å². The van der Waals surface area contributed by atoms with Crippen molar-refractivity contribution in [1.29, 1.82) is 0 Å². The van der Waals surface area contributed by atoms with Gasteiger partial charge in [-0.15, -0.1) is 5.10 Å². The Morgan fingerprint density at radius 3 is 2.55 bits per heavy atom. The fourth-order valence-electron chi connectivity index (χ4n) is 3.85. The molecule has 0 bridgehead atoms. The Kier molecular flexibility index (Phi) is 8.55. The van der Waals surface area contributed by atoms with Crippen molar-refractivity contribution < 1.29 is 14.4 Å². The first kappa shape index (κ1) is 26.6. The van der Waals surface area contributed by atoms with E-state index in [1.54, 1.807) is 53.2 Å². The number of amides is 1. The van der Waals surface area contributed by atoms with E-state index in [0.29, 0.717) is 34.1 Å². The van der Waals surface area contributed by atoms with E-state index >= 15 is 0 Å². The van der Waals surface area contributed by atoms with Gasteiger partial charge in [0.05, 0.1) is 17.4 Å². The molecule has 194 valence electrons. The van der Waals surface area contributed by atoms with Gasteiger partial charge in [0.2, 0.25) is 5.91 Å². The summed E-state index contributed by atoms with van der Waals surface area (Å²) >= 11 is 6.16. The quantitative estimate of drug-likeness (QED) is 0.232. The lowest BCUT2D eigenvalue weighted by molar-refractivity contribution is -0.125. The van der Waals surface area contributed by atoms with Gasteiger partial charge in [-0.3, -0.25) is 19.1 Å². The van der Waals surface area contributed by atoms with Gasteiger partial charge in [0.1, 0.15) is 6.33 Å². The van der Waals surface area contributed by atoms with Crippen LogP contribution >= 0.6 is 11.6 Å². The molecular weight excluding hydrogens is 506 g/mol. The Balaban J connectivity index is 1.52. The van der Waals surface area contributed by atoms with E-state index < -0.39 is 11.9 Å². The van der Waals surface area contributed by atoms with Gasteiger partial charge < -0.3 is 5.32 Å². The molecule has 10 nitrogen and oxygen atoms in total. The highest BCUT2D eigenvalue weighted by atomic mass is 35.5. The molecular formula is C27H26ClN7O3. The first-order chi connectivity index (χ1) is 18.3. The number of rotatable bonds is 11. The minimum absolute atomic E-state index is 0.0470. The average molecular weight is 532 g/mol. The van der Waals surface area contributed by atoms with Gasteiger partial charge in [-0.25, -0.2) is 0 Å². The summed E-state index contributed by atoms with van der Waals surface area (Å²) in [5.74, 6) is -0.674. The predicted octanol–water partition coefficient (Wildman–Crippen LogP) is 3.29. The van der Waals surface area contributed by atoms with Crippen LogP contribution in [0.5, 0.6) is 0 Å². The second kappa shape index (κ2) is 12.2. The molecule has 0 spiro atoms. The monoisotopic (exact) mass is 531 g/mol. The zero-order valence-electron chi connectivity index (χ0n) is 20.9. The molecule has 0 aliphatic rings. The van der Waals surface area contributed by atoms with E-state index in [1.165, 1.54) is 24.0 Å². The molecule has 0 radical (unpaired) electrons. The van der Waals surface area contributed by atoms with Gasteiger partial charge in [0, 0.05) is 47.8 Å². The first-order valence-corrected chi connectivity index (χ1v) is 12.4. The maximum atomic E-state index is 13.3. The second-order valence-corrected chi connectivity index (χ2v) is 9.05. The molecule has 1 amide bonds. The highest BCUT2D eigenvalue weighted by Gasteiger charge is 2.22. The number of ketones is 2. The number of halogens is 1. The SMILES string of the molecule is CCn1ccc(C[C@H](NC(=O)/C=C/c2cc(Cl)ccc2-n2cnnn2)C(=O)Cc2ccc(C(C)=O)cc2)n1. The minimum Gasteiger partial charge on any atom is -0.342 e. The summed E-state index contributed by atoms with van der Waals surface area (Å²) in [6.45, 7) is 4.15. The molecule has 0 saturated carbocycles. The average Bonchev–Trinajstić information content (AvgIpc) is 3.60. The van der Waals surface area contributed by atoms with Crippen molar-refractivity contribution in [1.82, 2.24) is 35.3 Å². The summed E-state index contributed by atoms with van der Waals surface area (Å²) in [6.07, 6.45) is 6.54. The van der Waals surface area contributed by atoms with Gasteiger partial charge in [-0.05, 0) is 60.2 Å².